The minimum Gasteiger partial charge on any atom is -0.463 e. The van der Waals surface area contributed by atoms with Crippen LogP contribution in [0.5, 0.6) is 0 Å². The van der Waals surface area contributed by atoms with Crippen LogP contribution in [0.3, 0.4) is 0 Å². The maximum absolute atomic E-state index is 13.2. The Morgan fingerprint density at radius 1 is 0.218 bits per heavy atom. The molecular weight excluding hydrogens is 1700 g/mol. The number of hydrogen-bond acceptors (Lipinski definition) is 14. The Bertz CT molecular complexity index is 3150. The van der Waals surface area contributed by atoms with Gasteiger partial charge in [-0.2, -0.15) is 0 Å². The van der Waals surface area contributed by atoms with E-state index in [1.54, 1.807) is 0 Å². The minimum absolute atomic E-state index is 0.100. The van der Waals surface area contributed by atoms with E-state index in [1.807, 2.05) is 0 Å². The predicted octanol–water partition coefficient (Wildman–Crippen LogP) is 34.7. The number of unbranched alkanes of at least 4 members (excludes halogenated alkanes) is 49. The van der Waals surface area contributed by atoms with Crippen LogP contribution in [0.2, 0.25) is 0 Å². The molecule has 0 aromatic rings. The third kappa shape index (κ3) is 107. The third-order valence-corrected chi connectivity index (χ3v) is 25.0. The van der Waals surface area contributed by atoms with E-state index in [9.17, 15) is 43.5 Å². The molecule has 0 aromatic carbocycles. The average molecular weight is 1900 g/mol. The van der Waals surface area contributed by atoms with Crippen molar-refractivity contribution in [2.45, 2.75) is 489 Å². The molecule has 16 nitrogen and oxygen atoms in total. The topological polar surface area (TPSA) is 231 Å². The van der Waals surface area contributed by atoms with Gasteiger partial charge in [-0.05, 0) is 161 Å². The third-order valence-electron chi connectivity index (χ3n) is 23.1. The van der Waals surface area contributed by atoms with Crippen LogP contribution in [0.1, 0.15) is 470 Å². The number of esters is 3. The van der Waals surface area contributed by atoms with Crippen molar-refractivity contribution >= 4 is 33.6 Å². The van der Waals surface area contributed by atoms with Gasteiger partial charge in [0, 0.05) is 19.3 Å². The van der Waals surface area contributed by atoms with Gasteiger partial charge in [-0.25, -0.2) is 9.13 Å². The van der Waals surface area contributed by atoms with Gasteiger partial charge < -0.3 is 34.2 Å². The quantitative estimate of drug-likeness (QED) is 0.0146. The number of aliphatic hydroxyl groups excluding tert-OH is 2. The Morgan fingerprint density at radius 3 is 0.632 bits per heavy atom. The van der Waals surface area contributed by atoms with Gasteiger partial charge in [0.25, 0.3) is 0 Å². The zero-order valence-electron chi connectivity index (χ0n) is 84.9. The van der Waals surface area contributed by atoms with Crippen molar-refractivity contribution in [3.05, 3.63) is 182 Å². The Labute approximate surface area is 815 Å². The molecule has 0 saturated carbocycles. The highest BCUT2D eigenvalue weighted by Gasteiger charge is 2.30. The normalized spacial score (nSPS) is 14.3. The Balaban J connectivity index is 4.60. The number of allylic oxidation sites excluding steroid dienone is 30. The Kier molecular flexibility index (Phi) is 101. The summed E-state index contributed by atoms with van der Waals surface area (Å²) in [6, 6.07) is 0. The largest absolute Gasteiger partial charge is 0.472 e. The molecule has 0 aliphatic heterocycles. The first-order valence-electron chi connectivity index (χ1n) is 54.1. The zero-order chi connectivity index (χ0) is 96.4. The molecule has 18 heteroatoms. The van der Waals surface area contributed by atoms with Gasteiger partial charge in [-0.1, -0.05) is 473 Å². The lowest BCUT2D eigenvalue weighted by molar-refractivity contribution is -0.161. The van der Waals surface area contributed by atoms with Crippen molar-refractivity contribution in [1.29, 1.82) is 0 Å². The Hall–Kier alpha value is -5.35. The number of rotatable bonds is 102. The van der Waals surface area contributed by atoms with E-state index in [0.717, 1.165) is 173 Å². The maximum Gasteiger partial charge on any atom is 0.472 e. The standard InChI is InChI=1S/C115H198O16P2/c1-4-7-10-13-16-19-22-25-28-31-34-37-40-43-46-49-52-53-54-55-58-60-62-65-68-71-74-77-80-83-86-89-92-95-98-101-113(118)125-104-110(116)105-127-132(121,122)128-106-111(117)107-129-133(123,124)130-109-112(131-115(120)103-100-97-94-91-88-85-82-79-76-73-70-67-64-61-57-51-48-45-42-39-36-33-30-27-24-21-18-15-12-9-6-3)108-126-114(119)102-99-96-93-90-87-84-81-78-75-72-69-66-63-59-56-50-47-44-41-38-35-32-29-26-23-20-17-14-11-8-5-2/h8-9,11-12,16-21,25-30,34-39,43-48,56,59,110-112,116-117H,4-7,10,13-15,22-24,31-33,40-42,49-55,57-58,60-109H2,1-3H3,(H,121,122)(H,123,124)/b11-8-,12-9-,19-16-,20-17-,21-18-,28-25-,29-26-,30-27-,37-34-,38-35-,39-36-,46-43-,47-44-,48-45-,59-56-. The first kappa shape index (κ1) is 128. The summed E-state index contributed by atoms with van der Waals surface area (Å²) in [5, 5.41) is 20.8. The van der Waals surface area contributed by atoms with Gasteiger partial charge >= 0.3 is 33.6 Å². The summed E-state index contributed by atoms with van der Waals surface area (Å²) < 4.78 is 61.8. The highest BCUT2D eigenvalue weighted by Crippen LogP contribution is 2.45. The molecule has 0 saturated heterocycles. The second kappa shape index (κ2) is 106. The summed E-state index contributed by atoms with van der Waals surface area (Å²) in [6.45, 7) is 2.51. The number of carbonyl (C=O) groups excluding carboxylic acids is 3. The molecule has 0 aliphatic rings. The van der Waals surface area contributed by atoms with Crippen LogP contribution < -0.4 is 0 Å². The molecule has 0 heterocycles. The smallest absolute Gasteiger partial charge is 0.463 e. The van der Waals surface area contributed by atoms with E-state index < -0.39 is 91.5 Å². The molecule has 133 heavy (non-hydrogen) atoms. The molecule has 0 fully saturated rings. The molecule has 0 aromatic heterocycles. The molecule has 0 rings (SSSR count). The predicted molar refractivity (Wildman–Crippen MR) is 565 cm³/mol. The van der Waals surface area contributed by atoms with Gasteiger partial charge in [0.1, 0.15) is 25.4 Å². The highest BCUT2D eigenvalue weighted by atomic mass is 31.2. The van der Waals surface area contributed by atoms with Gasteiger partial charge in [0.15, 0.2) is 6.10 Å². The van der Waals surface area contributed by atoms with Crippen molar-refractivity contribution in [2.24, 2.45) is 0 Å². The first-order valence-corrected chi connectivity index (χ1v) is 57.1. The van der Waals surface area contributed by atoms with Crippen molar-refractivity contribution in [1.82, 2.24) is 0 Å². The van der Waals surface area contributed by atoms with E-state index in [-0.39, 0.29) is 19.3 Å². The van der Waals surface area contributed by atoms with Crippen LogP contribution >= 0.6 is 15.6 Å². The number of carbonyl (C=O) groups is 3. The summed E-state index contributed by atoms with van der Waals surface area (Å²) in [5.41, 5.74) is 0. The summed E-state index contributed by atoms with van der Waals surface area (Å²) in [6.07, 6.45) is 141. The summed E-state index contributed by atoms with van der Waals surface area (Å²) in [4.78, 5) is 59.3. The zero-order valence-corrected chi connectivity index (χ0v) is 86.7. The molecule has 764 valence electrons. The summed E-state index contributed by atoms with van der Waals surface area (Å²) >= 11 is 0. The fourth-order valence-electron chi connectivity index (χ4n) is 15.0. The second-order valence-electron chi connectivity index (χ2n) is 36.0. The fraction of sp³-hybridized carbons (Fsp3) is 0.713. The number of aliphatic hydroxyl groups is 2. The number of phosphoric acid groups is 2. The number of hydrogen-bond donors (Lipinski definition) is 4. The highest BCUT2D eigenvalue weighted by molar-refractivity contribution is 7.47. The molecule has 0 spiro atoms. The maximum atomic E-state index is 13.2. The number of phosphoric ester groups is 2. The lowest BCUT2D eigenvalue weighted by Gasteiger charge is -2.21. The van der Waals surface area contributed by atoms with Gasteiger partial charge in [0.05, 0.1) is 26.4 Å². The lowest BCUT2D eigenvalue weighted by Crippen LogP contribution is -2.30. The van der Waals surface area contributed by atoms with Crippen LogP contribution in [0.25, 0.3) is 0 Å². The minimum atomic E-state index is -4.95. The average Bonchev–Trinajstić information content (AvgIpc) is 0.900. The molecular formula is C115H198O16P2. The van der Waals surface area contributed by atoms with Crippen molar-refractivity contribution < 1.29 is 75.8 Å². The molecule has 4 N–H and O–H groups in total. The second-order valence-corrected chi connectivity index (χ2v) is 38.9. The van der Waals surface area contributed by atoms with E-state index in [0.29, 0.717) is 19.3 Å². The van der Waals surface area contributed by atoms with E-state index in [1.165, 1.54) is 238 Å². The molecule has 0 radical (unpaired) electrons. The first-order chi connectivity index (χ1) is 65.2. The summed E-state index contributed by atoms with van der Waals surface area (Å²) in [5.74, 6) is -1.56. The molecule has 5 atom stereocenters. The van der Waals surface area contributed by atoms with Crippen LogP contribution in [-0.4, -0.2) is 95.9 Å². The van der Waals surface area contributed by atoms with Gasteiger partial charge in [0.2, 0.25) is 0 Å². The van der Waals surface area contributed by atoms with Crippen molar-refractivity contribution in [3.8, 4) is 0 Å². The van der Waals surface area contributed by atoms with Crippen LogP contribution in [0.15, 0.2) is 182 Å². The van der Waals surface area contributed by atoms with E-state index in [2.05, 4.69) is 203 Å². The molecule has 0 amide bonds. The molecule has 0 aliphatic carbocycles. The van der Waals surface area contributed by atoms with Crippen molar-refractivity contribution in [2.75, 3.05) is 39.6 Å². The number of ether oxygens (including phenoxy) is 3. The van der Waals surface area contributed by atoms with Crippen LogP contribution in [0.4, 0.5) is 0 Å². The van der Waals surface area contributed by atoms with Crippen LogP contribution in [0, 0.1) is 0 Å². The Morgan fingerprint density at radius 2 is 0.398 bits per heavy atom. The summed E-state index contributed by atoms with van der Waals surface area (Å²) in [7, 11) is -9.82. The van der Waals surface area contributed by atoms with Crippen molar-refractivity contribution in [3.63, 3.8) is 0 Å². The van der Waals surface area contributed by atoms with Gasteiger partial charge in [-0.15, -0.1) is 0 Å². The van der Waals surface area contributed by atoms with E-state index >= 15 is 0 Å². The molecule has 5 unspecified atom stereocenters. The molecule has 0 bridgehead atoms. The monoisotopic (exact) mass is 1900 g/mol. The lowest BCUT2D eigenvalue weighted by atomic mass is 10.0. The van der Waals surface area contributed by atoms with Gasteiger partial charge in [-0.3, -0.25) is 32.5 Å². The van der Waals surface area contributed by atoms with E-state index in [4.69, 9.17) is 32.3 Å². The fourth-order valence-corrected chi connectivity index (χ4v) is 16.6. The SMILES string of the molecule is CC/C=C\C/C=C\C/C=C\C/C=C\C/C=C\C/C=C\CCCCCCCCCCCCCCC(=O)OCC(COP(=O)(O)OCC(O)COP(=O)(O)OCC(O)COC(=O)CCCCCCCCCCCCCCCCCCCCC/C=C\C/C=C\C/C=C\C/C=C\CCCCC)OC(=O)CCCCCCCCCCCCCCCCC/C=C\C/C=C\C/C=C\C/C=C\C/C=C\CC. The van der Waals surface area contributed by atoms with Crippen LogP contribution in [-0.2, 0) is 55.8 Å².